The summed E-state index contributed by atoms with van der Waals surface area (Å²) >= 11 is 6.12. The summed E-state index contributed by atoms with van der Waals surface area (Å²) in [5.41, 5.74) is 6.55. The highest BCUT2D eigenvalue weighted by atomic mass is 35.5. The normalized spacial score (nSPS) is 15.9. The highest BCUT2D eigenvalue weighted by molar-refractivity contribution is 6.30. The monoisotopic (exact) mass is 484 g/mol. The standard InChI is InChI=1S/C28H25ClN4O2/c1-17-6-4-8-20(14-17)16-33-19(3)24(25(30-28(33)34)21-10-12-23(29)13-11-21)27-31-26(32-35-27)22-9-5-7-18(2)15-22/h4-15,25H,16H2,1-3H3,(H,30,34). The van der Waals surface area contributed by atoms with E-state index in [1.54, 1.807) is 17.0 Å². The second-order valence-electron chi connectivity index (χ2n) is 8.80. The third-order valence-electron chi connectivity index (χ3n) is 6.16. The van der Waals surface area contributed by atoms with Crippen LogP contribution in [0.15, 0.2) is 83.0 Å². The minimum Gasteiger partial charge on any atom is -0.334 e. The molecule has 1 N–H and O–H groups in total. The van der Waals surface area contributed by atoms with Gasteiger partial charge in [0, 0.05) is 16.3 Å². The fourth-order valence-electron chi connectivity index (χ4n) is 4.38. The van der Waals surface area contributed by atoms with Crippen LogP contribution < -0.4 is 5.32 Å². The van der Waals surface area contributed by atoms with Gasteiger partial charge in [0.15, 0.2) is 0 Å². The molecular weight excluding hydrogens is 460 g/mol. The molecule has 7 heteroatoms. The lowest BCUT2D eigenvalue weighted by molar-refractivity contribution is 0.203. The SMILES string of the molecule is CC1=C(c2nc(-c3cccc(C)c3)no2)C(c2ccc(Cl)cc2)NC(=O)N1Cc1cccc(C)c1. The van der Waals surface area contributed by atoms with Gasteiger partial charge in [0.1, 0.15) is 0 Å². The third kappa shape index (κ3) is 4.70. The minimum atomic E-state index is -0.459. The quantitative estimate of drug-likeness (QED) is 0.342. The molecule has 1 aliphatic heterocycles. The average molecular weight is 485 g/mol. The fraction of sp³-hybridized carbons (Fsp3) is 0.179. The van der Waals surface area contributed by atoms with Gasteiger partial charge in [-0.2, -0.15) is 4.98 Å². The Labute approximate surface area is 209 Å². The van der Waals surface area contributed by atoms with E-state index in [0.717, 1.165) is 39.1 Å². The first kappa shape index (κ1) is 22.9. The van der Waals surface area contributed by atoms with Gasteiger partial charge in [-0.25, -0.2) is 4.79 Å². The number of hydrogen-bond acceptors (Lipinski definition) is 4. The molecule has 1 aromatic heterocycles. The van der Waals surface area contributed by atoms with E-state index in [4.69, 9.17) is 21.1 Å². The first-order chi connectivity index (χ1) is 16.9. The van der Waals surface area contributed by atoms with E-state index in [1.165, 1.54) is 0 Å². The molecule has 176 valence electrons. The van der Waals surface area contributed by atoms with Crippen molar-refractivity contribution >= 4 is 23.2 Å². The molecule has 4 aromatic rings. The second-order valence-corrected chi connectivity index (χ2v) is 9.24. The minimum absolute atomic E-state index is 0.189. The molecule has 0 bridgehead atoms. The predicted molar refractivity (Wildman–Crippen MR) is 137 cm³/mol. The van der Waals surface area contributed by atoms with Gasteiger partial charge < -0.3 is 9.84 Å². The number of amides is 2. The predicted octanol–water partition coefficient (Wildman–Crippen LogP) is 6.70. The molecule has 0 saturated carbocycles. The van der Waals surface area contributed by atoms with Crippen molar-refractivity contribution in [1.82, 2.24) is 20.4 Å². The zero-order valence-corrected chi connectivity index (χ0v) is 20.5. The van der Waals surface area contributed by atoms with Crippen LogP contribution in [0, 0.1) is 13.8 Å². The van der Waals surface area contributed by atoms with Crippen molar-refractivity contribution in [2.24, 2.45) is 0 Å². The van der Waals surface area contributed by atoms with Crippen molar-refractivity contribution in [3.63, 3.8) is 0 Å². The number of nitrogens with one attached hydrogen (secondary N) is 1. The molecule has 1 aliphatic rings. The maximum absolute atomic E-state index is 13.3. The lowest BCUT2D eigenvalue weighted by atomic mass is 9.94. The smallest absolute Gasteiger partial charge is 0.322 e. The number of aromatic nitrogens is 2. The van der Waals surface area contributed by atoms with Crippen molar-refractivity contribution in [3.8, 4) is 11.4 Å². The first-order valence-electron chi connectivity index (χ1n) is 11.4. The average Bonchev–Trinajstić information content (AvgIpc) is 3.32. The molecule has 6 nitrogen and oxygen atoms in total. The molecule has 0 radical (unpaired) electrons. The van der Waals surface area contributed by atoms with Gasteiger partial charge >= 0.3 is 6.03 Å². The van der Waals surface area contributed by atoms with Crippen LogP contribution in [0.3, 0.4) is 0 Å². The number of nitrogens with zero attached hydrogens (tertiary/aromatic N) is 3. The Morgan fingerprint density at radius 2 is 1.69 bits per heavy atom. The summed E-state index contributed by atoms with van der Waals surface area (Å²) in [6.45, 7) is 6.40. The number of rotatable bonds is 5. The number of urea groups is 1. The maximum atomic E-state index is 13.3. The third-order valence-corrected chi connectivity index (χ3v) is 6.41. The van der Waals surface area contributed by atoms with Crippen LogP contribution in [0.4, 0.5) is 4.79 Å². The summed E-state index contributed by atoms with van der Waals surface area (Å²) in [7, 11) is 0. The Balaban J connectivity index is 1.60. The number of carbonyl (C=O) groups excluding carboxylic acids is 1. The molecule has 0 fully saturated rings. The van der Waals surface area contributed by atoms with Gasteiger partial charge in [-0.05, 0) is 50.1 Å². The second kappa shape index (κ2) is 9.39. The Kier molecular flexibility index (Phi) is 6.14. The number of carbonyl (C=O) groups is 1. The lowest BCUT2D eigenvalue weighted by Crippen LogP contribution is -2.45. The Bertz CT molecular complexity index is 1420. The summed E-state index contributed by atoms with van der Waals surface area (Å²) in [5.74, 6) is 0.870. The zero-order valence-electron chi connectivity index (χ0n) is 19.7. The number of benzene rings is 3. The molecule has 1 unspecified atom stereocenters. The van der Waals surface area contributed by atoms with E-state index < -0.39 is 6.04 Å². The number of halogens is 1. The van der Waals surface area contributed by atoms with Crippen LogP contribution in [0.2, 0.25) is 5.02 Å². The van der Waals surface area contributed by atoms with E-state index in [2.05, 4.69) is 16.5 Å². The van der Waals surface area contributed by atoms with Crippen molar-refractivity contribution in [2.75, 3.05) is 0 Å². The van der Waals surface area contributed by atoms with Crippen molar-refractivity contribution in [1.29, 1.82) is 0 Å². The molecule has 0 aliphatic carbocycles. The number of aryl methyl sites for hydroxylation is 2. The molecule has 0 spiro atoms. The maximum Gasteiger partial charge on any atom is 0.322 e. The molecule has 0 saturated heterocycles. The molecule has 2 amide bonds. The Hall–Kier alpha value is -3.90. The molecule has 3 aromatic carbocycles. The summed E-state index contributed by atoms with van der Waals surface area (Å²) in [5, 5.41) is 8.00. The van der Waals surface area contributed by atoms with E-state index in [0.29, 0.717) is 23.3 Å². The number of allylic oxidation sites excluding steroid dienone is 1. The molecule has 35 heavy (non-hydrogen) atoms. The van der Waals surface area contributed by atoms with Gasteiger partial charge in [0.25, 0.3) is 5.89 Å². The molecule has 5 rings (SSSR count). The van der Waals surface area contributed by atoms with Crippen LogP contribution >= 0.6 is 11.6 Å². The zero-order chi connectivity index (χ0) is 24.5. The van der Waals surface area contributed by atoms with Crippen molar-refractivity contribution < 1.29 is 9.32 Å². The molecule has 2 heterocycles. The van der Waals surface area contributed by atoms with Gasteiger partial charge in [0.2, 0.25) is 5.82 Å². The summed E-state index contributed by atoms with van der Waals surface area (Å²) in [4.78, 5) is 19.7. The van der Waals surface area contributed by atoms with Crippen molar-refractivity contribution in [3.05, 3.63) is 112 Å². The topological polar surface area (TPSA) is 71.3 Å². The Morgan fingerprint density at radius 3 is 2.40 bits per heavy atom. The van der Waals surface area contributed by atoms with Crippen molar-refractivity contribution in [2.45, 2.75) is 33.4 Å². The summed E-state index contributed by atoms with van der Waals surface area (Å²) in [6, 6.07) is 22.8. The lowest BCUT2D eigenvalue weighted by Gasteiger charge is -2.35. The van der Waals surface area contributed by atoms with E-state index in [-0.39, 0.29) is 6.03 Å². The van der Waals surface area contributed by atoms with Gasteiger partial charge in [-0.3, -0.25) is 4.90 Å². The first-order valence-corrected chi connectivity index (χ1v) is 11.8. The van der Waals surface area contributed by atoms with E-state index in [9.17, 15) is 4.79 Å². The van der Waals surface area contributed by atoms with Gasteiger partial charge in [-0.1, -0.05) is 82.5 Å². The molecular formula is C28H25ClN4O2. The van der Waals surface area contributed by atoms with Crippen LogP contribution in [0.25, 0.3) is 17.0 Å². The van der Waals surface area contributed by atoms with Crippen LogP contribution in [0.5, 0.6) is 0 Å². The van der Waals surface area contributed by atoms with E-state index >= 15 is 0 Å². The number of hydrogen-bond donors (Lipinski definition) is 1. The van der Waals surface area contributed by atoms with E-state index in [1.807, 2.05) is 75.4 Å². The summed E-state index contributed by atoms with van der Waals surface area (Å²) < 4.78 is 5.77. The summed E-state index contributed by atoms with van der Waals surface area (Å²) in [6.07, 6.45) is 0. The molecule has 1 atom stereocenters. The van der Waals surface area contributed by atoms with Crippen LogP contribution in [-0.4, -0.2) is 21.1 Å². The fourth-order valence-corrected chi connectivity index (χ4v) is 4.51. The Morgan fingerprint density at radius 1 is 0.971 bits per heavy atom. The van der Waals surface area contributed by atoms with Gasteiger partial charge in [-0.15, -0.1) is 0 Å². The van der Waals surface area contributed by atoms with Crippen LogP contribution in [-0.2, 0) is 6.54 Å². The van der Waals surface area contributed by atoms with Gasteiger partial charge in [0.05, 0.1) is 18.2 Å². The highest BCUT2D eigenvalue weighted by Gasteiger charge is 2.35. The highest BCUT2D eigenvalue weighted by Crippen LogP contribution is 2.38. The van der Waals surface area contributed by atoms with Crippen LogP contribution in [0.1, 0.15) is 41.1 Å². The largest absolute Gasteiger partial charge is 0.334 e.